The first-order valence-electron chi connectivity index (χ1n) is 8.22. The molecule has 0 spiro atoms. The highest BCUT2D eigenvalue weighted by atomic mass is 16.2. The second kappa shape index (κ2) is 7.44. The van der Waals surface area contributed by atoms with Gasteiger partial charge in [-0.05, 0) is 31.2 Å². The van der Waals surface area contributed by atoms with Crippen LogP contribution < -0.4 is 10.9 Å². The van der Waals surface area contributed by atoms with E-state index in [0.29, 0.717) is 24.3 Å². The van der Waals surface area contributed by atoms with Crippen molar-refractivity contribution < 1.29 is 9.59 Å². The summed E-state index contributed by atoms with van der Waals surface area (Å²) in [5.74, 6) is 0.350. The van der Waals surface area contributed by atoms with Crippen molar-refractivity contribution in [3.05, 3.63) is 28.2 Å². The van der Waals surface area contributed by atoms with Crippen molar-refractivity contribution in [1.29, 1.82) is 0 Å². The van der Waals surface area contributed by atoms with Crippen molar-refractivity contribution in [1.82, 2.24) is 9.47 Å². The number of nitrogens with one attached hydrogen (secondary N) is 1. The number of carbonyl (C=O) groups is 2. The number of rotatable bonds is 4. The molecule has 126 valence electrons. The molecule has 0 atom stereocenters. The molecule has 2 heterocycles. The summed E-state index contributed by atoms with van der Waals surface area (Å²) in [5, 5.41) is 2.61. The van der Waals surface area contributed by atoms with Crippen molar-refractivity contribution >= 4 is 17.5 Å². The van der Waals surface area contributed by atoms with E-state index < -0.39 is 0 Å². The number of aryl methyl sites for hydroxylation is 1. The average Bonchev–Trinajstić information content (AvgIpc) is 2.52. The van der Waals surface area contributed by atoms with Crippen LogP contribution in [0.5, 0.6) is 0 Å². The molecule has 6 nitrogen and oxygen atoms in total. The number of aromatic nitrogens is 1. The van der Waals surface area contributed by atoms with E-state index in [2.05, 4.69) is 12.2 Å². The maximum absolute atomic E-state index is 12.6. The van der Waals surface area contributed by atoms with Crippen LogP contribution in [0.4, 0.5) is 5.69 Å². The first-order valence-corrected chi connectivity index (χ1v) is 8.22. The van der Waals surface area contributed by atoms with Crippen LogP contribution >= 0.6 is 0 Å². The number of piperidine rings is 1. The predicted molar refractivity (Wildman–Crippen MR) is 89.5 cm³/mol. The summed E-state index contributed by atoms with van der Waals surface area (Å²) < 4.78 is 1.35. The lowest BCUT2D eigenvalue weighted by molar-refractivity contribution is -0.116. The molecule has 2 rings (SSSR count). The molecule has 23 heavy (non-hydrogen) atoms. The third-order valence-corrected chi connectivity index (χ3v) is 4.25. The van der Waals surface area contributed by atoms with E-state index in [1.807, 2.05) is 11.8 Å². The van der Waals surface area contributed by atoms with Gasteiger partial charge in [-0.2, -0.15) is 0 Å². The summed E-state index contributed by atoms with van der Waals surface area (Å²) in [4.78, 5) is 38.3. The minimum absolute atomic E-state index is 0.0847. The summed E-state index contributed by atoms with van der Waals surface area (Å²) >= 11 is 0. The quantitative estimate of drug-likeness (QED) is 0.922. The number of pyridine rings is 1. The fourth-order valence-electron chi connectivity index (χ4n) is 2.75. The van der Waals surface area contributed by atoms with Crippen LogP contribution in [0.1, 0.15) is 49.9 Å². The second-order valence-electron chi connectivity index (χ2n) is 6.33. The number of carbonyl (C=O) groups excluding carboxylic acids is 2. The summed E-state index contributed by atoms with van der Waals surface area (Å²) in [6.07, 6.45) is 4.59. The normalized spacial score (nSPS) is 15.5. The zero-order valence-corrected chi connectivity index (χ0v) is 14.1. The van der Waals surface area contributed by atoms with Crippen LogP contribution in [0.25, 0.3) is 0 Å². The van der Waals surface area contributed by atoms with Gasteiger partial charge in [0.05, 0.1) is 5.56 Å². The first-order chi connectivity index (χ1) is 10.9. The van der Waals surface area contributed by atoms with Crippen LogP contribution in [0, 0.1) is 5.92 Å². The van der Waals surface area contributed by atoms with Gasteiger partial charge in [0.2, 0.25) is 5.91 Å². The minimum atomic E-state index is -0.307. The third-order valence-electron chi connectivity index (χ3n) is 4.25. The SMILES string of the molecule is CCCC(=O)Nc1cc(C(=O)N2CCC(C)CC2)cn(C)c1=O. The molecule has 2 amide bonds. The Morgan fingerprint density at radius 2 is 1.96 bits per heavy atom. The van der Waals surface area contributed by atoms with Gasteiger partial charge in [-0.1, -0.05) is 13.8 Å². The smallest absolute Gasteiger partial charge is 0.274 e. The molecule has 1 aliphatic heterocycles. The molecule has 1 aromatic rings. The summed E-state index contributed by atoms with van der Waals surface area (Å²) in [7, 11) is 1.59. The van der Waals surface area contributed by atoms with E-state index in [-0.39, 0.29) is 23.1 Å². The highest BCUT2D eigenvalue weighted by Crippen LogP contribution is 2.18. The third kappa shape index (κ3) is 4.21. The summed E-state index contributed by atoms with van der Waals surface area (Å²) in [6, 6.07) is 1.50. The maximum Gasteiger partial charge on any atom is 0.274 e. The van der Waals surface area contributed by atoms with Crippen molar-refractivity contribution in [3.8, 4) is 0 Å². The molecule has 1 saturated heterocycles. The van der Waals surface area contributed by atoms with E-state index in [0.717, 1.165) is 25.9 Å². The zero-order chi connectivity index (χ0) is 17.0. The Morgan fingerprint density at radius 3 is 2.57 bits per heavy atom. The number of nitrogens with zero attached hydrogens (tertiary/aromatic N) is 2. The summed E-state index contributed by atoms with van der Waals surface area (Å²) in [6.45, 7) is 5.56. The number of amides is 2. The number of hydrogen-bond acceptors (Lipinski definition) is 3. The van der Waals surface area contributed by atoms with Crippen LogP contribution in [0.2, 0.25) is 0 Å². The minimum Gasteiger partial charge on any atom is -0.339 e. The lowest BCUT2D eigenvalue weighted by Gasteiger charge is -2.30. The van der Waals surface area contributed by atoms with E-state index in [9.17, 15) is 14.4 Å². The van der Waals surface area contributed by atoms with Gasteiger partial charge >= 0.3 is 0 Å². The standard InChI is InChI=1S/C17H25N3O3/c1-4-5-15(21)18-14-10-13(11-19(3)17(14)23)16(22)20-8-6-12(2)7-9-20/h10-12H,4-9H2,1-3H3,(H,18,21). The molecule has 0 aliphatic carbocycles. The fraction of sp³-hybridized carbons (Fsp3) is 0.588. The van der Waals surface area contributed by atoms with E-state index in [1.54, 1.807) is 7.05 Å². The Hall–Kier alpha value is -2.11. The van der Waals surface area contributed by atoms with Crippen molar-refractivity contribution in [2.24, 2.45) is 13.0 Å². The molecule has 1 fully saturated rings. The molecule has 1 aromatic heterocycles. The van der Waals surface area contributed by atoms with Gasteiger partial charge in [-0.25, -0.2) is 0 Å². The predicted octanol–water partition coefficient (Wildman–Crippen LogP) is 2.00. The van der Waals surface area contributed by atoms with E-state index >= 15 is 0 Å². The monoisotopic (exact) mass is 319 g/mol. The van der Waals surface area contributed by atoms with Crippen molar-refractivity contribution in [2.75, 3.05) is 18.4 Å². The highest BCUT2D eigenvalue weighted by Gasteiger charge is 2.22. The Balaban J connectivity index is 2.22. The van der Waals surface area contributed by atoms with Crippen LogP contribution in [0.15, 0.2) is 17.1 Å². The van der Waals surface area contributed by atoms with Gasteiger partial charge in [-0.15, -0.1) is 0 Å². The Morgan fingerprint density at radius 1 is 1.30 bits per heavy atom. The van der Waals surface area contributed by atoms with Gasteiger partial charge < -0.3 is 14.8 Å². The molecular weight excluding hydrogens is 294 g/mol. The van der Waals surface area contributed by atoms with Crippen LogP contribution in [-0.4, -0.2) is 34.4 Å². The molecule has 0 saturated carbocycles. The number of hydrogen-bond donors (Lipinski definition) is 1. The molecule has 6 heteroatoms. The van der Waals surface area contributed by atoms with Gasteiger partial charge in [-0.3, -0.25) is 14.4 Å². The maximum atomic E-state index is 12.6. The molecule has 1 aliphatic rings. The Labute approximate surface area is 136 Å². The van der Waals surface area contributed by atoms with Gasteiger partial charge in [0.25, 0.3) is 11.5 Å². The lowest BCUT2D eigenvalue weighted by Crippen LogP contribution is -2.38. The first kappa shape index (κ1) is 17.2. The molecule has 0 radical (unpaired) electrons. The molecular formula is C17H25N3O3. The van der Waals surface area contributed by atoms with Gasteiger partial charge in [0, 0.05) is 32.8 Å². The summed E-state index contributed by atoms with van der Waals surface area (Å²) in [5.41, 5.74) is 0.300. The molecule has 0 bridgehead atoms. The highest BCUT2D eigenvalue weighted by molar-refractivity contribution is 5.96. The van der Waals surface area contributed by atoms with E-state index in [4.69, 9.17) is 0 Å². The molecule has 1 N–H and O–H groups in total. The fourth-order valence-corrected chi connectivity index (χ4v) is 2.75. The van der Waals surface area contributed by atoms with Crippen molar-refractivity contribution in [3.63, 3.8) is 0 Å². The average molecular weight is 319 g/mol. The Kier molecular flexibility index (Phi) is 5.58. The number of anilines is 1. The Bertz CT molecular complexity index is 643. The largest absolute Gasteiger partial charge is 0.339 e. The van der Waals surface area contributed by atoms with Crippen LogP contribution in [-0.2, 0) is 11.8 Å². The number of likely N-dealkylation sites (tertiary alicyclic amines) is 1. The van der Waals surface area contributed by atoms with E-state index in [1.165, 1.54) is 16.8 Å². The van der Waals surface area contributed by atoms with Crippen molar-refractivity contribution in [2.45, 2.75) is 39.5 Å². The topological polar surface area (TPSA) is 71.4 Å². The molecule has 0 unspecified atom stereocenters. The second-order valence-corrected chi connectivity index (χ2v) is 6.33. The van der Waals surface area contributed by atoms with Gasteiger partial charge in [0.15, 0.2) is 0 Å². The zero-order valence-electron chi connectivity index (χ0n) is 14.1. The lowest BCUT2D eigenvalue weighted by atomic mass is 9.99. The van der Waals surface area contributed by atoms with Gasteiger partial charge in [0.1, 0.15) is 5.69 Å². The molecule has 0 aromatic carbocycles. The van der Waals surface area contributed by atoms with Crippen LogP contribution in [0.3, 0.4) is 0 Å².